The number of fused-ring (bicyclic) bond motifs is 1. The fraction of sp³-hybridized carbons (Fsp3) is 0.125. The van der Waals surface area contributed by atoms with Crippen LogP contribution in [0.2, 0.25) is 0 Å². The molecule has 3 rings (SSSR count). The number of nitrogens with zero attached hydrogens (tertiary/aromatic N) is 1. The average molecular weight is 368 g/mol. The first-order chi connectivity index (χ1) is 11.8. The number of hydrogen-bond acceptors (Lipinski definition) is 4. The molecule has 1 N–H and O–H groups in total. The molecule has 0 atom stereocenters. The zero-order valence-corrected chi connectivity index (χ0v) is 13.4. The summed E-state index contributed by atoms with van der Waals surface area (Å²) in [5.74, 6) is -0.847. The van der Waals surface area contributed by atoms with Gasteiger partial charge in [-0.1, -0.05) is 23.5 Å². The Balaban J connectivity index is 1.70. The average Bonchev–Trinajstić information content (AvgIpc) is 2.84. The maximum absolute atomic E-state index is 12.1. The van der Waals surface area contributed by atoms with Gasteiger partial charge in [-0.05, 0) is 36.4 Å². The van der Waals surface area contributed by atoms with Crippen molar-refractivity contribution < 1.29 is 22.7 Å². The fourth-order valence-electron chi connectivity index (χ4n) is 2.25. The number of benzene rings is 2. The van der Waals surface area contributed by atoms with E-state index >= 15 is 0 Å². The maximum Gasteiger partial charge on any atom is 0.573 e. The lowest BCUT2D eigenvalue weighted by molar-refractivity contribution is -0.274. The molecule has 0 radical (unpaired) electrons. The SMILES string of the molecule is O=C(Cn1c(=O)sc2ccccc21)Nc1ccc(OC(F)(F)F)cc1. The van der Waals surface area contributed by atoms with Gasteiger partial charge in [0, 0.05) is 5.69 Å². The number of carbonyl (C=O) groups is 1. The molecular weight excluding hydrogens is 357 g/mol. The van der Waals surface area contributed by atoms with E-state index in [4.69, 9.17) is 0 Å². The van der Waals surface area contributed by atoms with E-state index in [2.05, 4.69) is 10.1 Å². The molecule has 25 heavy (non-hydrogen) atoms. The first kappa shape index (κ1) is 17.0. The second-order valence-electron chi connectivity index (χ2n) is 5.04. The van der Waals surface area contributed by atoms with Gasteiger partial charge < -0.3 is 10.1 Å². The van der Waals surface area contributed by atoms with E-state index in [9.17, 15) is 22.8 Å². The lowest BCUT2D eigenvalue weighted by atomic mass is 10.3. The normalized spacial score (nSPS) is 11.5. The summed E-state index contributed by atoms with van der Waals surface area (Å²) in [7, 11) is 0. The summed E-state index contributed by atoms with van der Waals surface area (Å²) >= 11 is 1.04. The van der Waals surface area contributed by atoms with Crippen LogP contribution in [0.15, 0.2) is 53.3 Å². The van der Waals surface area contributed by atoms with Gasteiger partial charge in [0.25, 0.3) is 0 Å². The number of carbonyl (C=O) groups excluding carboxylic acids is 1. The molecule has 0 unspecified atom stereocenters. The Morgan fingerprint density at radius 1 is 1.12 bits per heavy atom. The molecule has 0 aliphatic heterocycles. The van der Waals surface area contributed by atoms with Gasteiger partial charge in [-0.2, -0.15) is 0 Å². The number of anilines is 1. The van der Waals surface area contributed by atoms with Crippen molar-refractivity contribution in [1.29, 1.82) is 0 Å². The third-order valence-corrected chi connectivity index (χ3v) is 4.21. The van der Waals surface area contributed by atoms with E-state index < -0.39 is 12.3 Å². The quantitative estimate of drug-likeness (QED) is 0.766. The summed E-state index contributed by atoms with van der Waals surface area (Å²) < 4.78 is 42.2. The number of rotatable bonds is 4. The number of thiazole rings is 1. The molecule has 3 aromatic rings. The molecule has 0 fully saturated rings. The lowest BCUT2D eigenvalue weighted by Crippen LogP contribution is -2.24. The standard InChI is InChI=1S/C16H11F3N2O3S/c17-16(18,19)24-11-7-5-10(6-8-11)20-14(22)9-21-12-3-1-2-4-13(12)25-15(21)23/h1-8H,9H2,(H,20,22). The zero-order valence-electron chi connectivity index (χ0n) is 12.5. The molecule has 0 saturated carbocycles. The van der Waals surface area contributed by atoms with Crippen LogP contribution in [0.25, 0.3) is 10.2 Å². The van der Waals surface area contributed by atoms with Gasteiger partial charge in [-0.15, -0.1) is 13.2 Å². The molecule has 9 heteroatoms. The van der Waals surface area contributed by atoms with Gasteiger partial charge >= 0.3 is 11.2 Å². The Hall–Kier alpha value is -2.81. The highest BCUT2D eigenvalue weighted by Gasteiger charge is 2.30. The molecule has 5 nitrogen and oxygen atoms in total. The van der Waals surface area contributed by atoms with Crippen LogP contribution in [0.5, 0.6) is 5.75 Å². The topological polar surface area (TPSA) is 60.3 Å². The third kappa shape index (κ3) is 4.18. The molecule has 1 amide bonds. The summed E-state index contributed by atoms with van der Waals surface area (Å²) in [6, 6.07) is 11.8. The molecule has 2 aromatic carbocycles. The van der Waals surface area contributed by atoms with Crippen molar-refractivity contribution in [3.63, 3.8) is 0 Å². The molecule has 0 saturated heterocycles. The number of para-hydroxylation sites is 1. The Morgan fingerprint density at radius 2 is 1.80 bits per heavy atom. The highest BCUT2D eigenvalue weighted by atomic mass is 32.1. The smallest absolute Gasteiger partial charge is 0.406 e. The minimum absolute atomic E-state index is 0.191. The second-order valence-corrected chi connectivity index (χ2v) is 6.04. The summed E-state index contributed by atoms with van der Waals surface area (Å²) in [5, 5.41) is 2.53. The van der Waals surface area contributed by atoms with Crippen LogP contribution < -0.4 is 14.9 Å². The molecule has 0 bridgehead atoms. The largest absolute Gasteiger partial charge is 0.573 e. The summed E-state index contributed by atoms with van der Waals surface area (Å²) in [6.07, 6.45) is -4.77. The van der Waals surface area contributed by atoms with E-state index in [1.165, 1.54) is 16.7 Å². The van der Waals surface area contributed by atoms with Gasteiger partial charge in [-0.3, -0.25) is 14.2 Å². The van der Waals surface area contributed by atoms with Crippen molar-refractivity contribution in [3.8, 4) is 5.75 Å². The Bertz CT molecular complexity index is 961. The molecule has 130 valence electrons. The van der Waals surface area contributed by atoms with Gasteiger partial charge in [-0.25, -0.2) is 0 Å². The molecule has 1 heterocycles. The van der Waals surface area contributed by atoms with Crippen LogP contribution >= 0.6 is 11.3 Å². The van der Waals surface area contributed by atoms with E-state index in [1.807, 2.05) is 0 Å². The highest BCUT2D eigenvalue weighted by Crippen LogP contribution is 2.24. The predicted octanol–water partition coefficient (Wildman–Crippen LogP) is 3.60. The van der Waals surface area contributed by atoms with Crippen molar-refractivity contribution in [3.05, 3.63) is 58.2 Å². The van der Waals surface area contributed by atoms with Gasteiger partial charge in [0.2, 0.25) is 5.91 Å². The summed E-state index contributed by atoms with van der Waals surface area (Å²) in [4.78, 5) is 23.8. The summed E-state index contributed by atoms with van der Waals surface area (Å²) in [6.45, 7) is -0.191. The molecule has 0 spiro atoms. The van der Waals surface area contributed by atoms with Crippen molar-refractivity contribution in [1.82, 2.24) is 4.57 Å². The minimum Gasteiger partial charge on any atom is -0.406 e. The van der Waals surface area contributed by atoms with Crippen LogP contribution in [0.3, 0.4) is 0 Å². The van der Waals surface area contributed by atoms with Gasteiger partial charge in [0.05, 0.1) is 10.2 Å². The van der Waals surface area contributed by atoms with Crippen molar-refractivity contribution in [2.75, 3.05) is 5.32 Å². The monoisotopic (exact) mass is 368 g/mol. The maximum atomic E-state index is 12.1. The van der Waals surface area contributed by atoms with Crippen molar-refractivity contribution >= 4 is 33.1 Å². The minimum atomic E-state index is -4.77. The van der Waals surface area contributed by atoms with Gasteiger partial charge in [0.1, 0.15) is 12.3 Å². The van der Waals surface area contributed by atoms with E-state index in [0.717, 1.165) is 28.2 Å². The van der Waals surface area contributed by atoms with Crippen LogP contribution in [-0.2, 0) is 11.3 Å². The zero-order chi connectivity index (χ0) is 18.0. The van der Waals surface area contributed by atoms with Crippen LogP contribution in [0.4, 0.5) is 18.9 Å². The highest BCUT2D eigenvalue weighted by molar-refractivity contribution is 7.16. The van der Waals surface area contributed by atoms with E-state index in [1.54, 1.807) is 24.3 Å². The first-order valence-corrected chi connectivity index (χ1v) is 7.87. The number of halogens is 3. The Morgan fingerprint density at radius 3 is 2.48 bits per heavy atom. The molecule has 0 aliphatic rings. The Kier molecular flexibility index (Phi) is 4.49. The van der Waals surface area contributed by atoms with Crippen LogP contribution in [0.1, 0.15) is 0 Å². The summed E-state index contributed by atoms with van der Waals surface area (Å²) in [5.41, 5.74) is 0.952. The molecule has 0 aliphatic carbocycles. The van der Waals surface area contributed by atoms with Crippen molar-refractivity contribution in [2.45, 2.75) is 12.9 Å². The fourth-order valence-corrected chi connectivity index (χ4v) is 3.14. The number of nitrogens with one attached hydrogen (secondary N) is 1. The number of alkyl halides is 3. The van der Waals surface area contributed by atoms with E-state index in [-0.39, 0.29) is 17.2 Å². The first-order valence-electron chi connectivity index (χ1n) is 7.06. The Labute approximate surface area is 143 Å². The van der Waals surface area contributed by atoms with Crippen LogP contribution in [0, 0.1) is 0 Å². The molecule has 1 aromatic heterocycles. The lowest BCUT2D eigenvalue weighted by Gasteiger charge is -2.10. The number of aromatic nitrogens is 1. The second kappa shape index (κ2) is 6.60. The third-order valence-electron chi connectivity index (χ3n) is 3.25. The number of hydrogen-bond donors (Lipinski definition) is 1. The van der Waals surface area contributed by atoms with Crippen LogP contribution in [-0.4, -0.2) is 16.8 Å². The van der Waals surface area contributed by atoms with Gasteiger partial charge in [0.15, 0.2) is 0 Å². The number of amides is 1. The number of ether oxygens (including phenoxy) is 1. The van der Waals surface area contributed by atoms with Crippen molar-refractivity contribution in [2.24, 2.45) is 0 Å². The molecular formula is C16H11F3N2O3S. The predicted molar refractivity (Wildman–Crippen MR) is 87.8 cm³/mol. The van der Waals surface area contributed by atoms with E-state index in [0.29, 0.717) is 11.2 Å².